The smallest absolute Gasteiger partial charge is 0.257 e. The van der Waals surface area contributed by atoms with Crippen LogP contribution in [-0.4, -0.2) is 40.9 Å². The van der Waals surface area contributed by atoms with Crippen LogP contribution in [-0.2, 0) is 0 Å². The number of β-amino-alcohol motifs (C(OH)–C–C–N with tert-alkyl or cyclic N) is 1. The lowest BCUT2D eigenvalue weighted by atomic mass is 9.69. The Balaban J connectivity index is 1.84. The van der Waals surface area contributed by atoms with Crippen molar-refractivity contribution >= 4 is 5.82 Å². The van der Waals surface area contributed by atoms with Gasteiger partial charge in [0.15, 0.2) is 5.82 Å². The minimum Gasteiger partial charge on any atom is -0.478 e. The van der Waals surface area contributed by atoms with Gasteiger partial charge in [0.2, 0.25) is 0 Å². The zero-order valence-electron chi connectivity index (χ0n) is 11.5. The molecule has 2 atom stereocenters. The van der Waals surface area contributed by atoms with Crippen LogP contribution in [0.1, 0.15) is 26.2 Å². The molecule has 0 amide bonds. The number of nitrogens with zero attached hydrogens (tertiary/aromatic N) is 3. The maximum atomic E-state index is 10.9. The Morgan fingerprint density at radius 3 is 2.74 bits per heavy atom. The first kappa shape index (κ1) is 12.7. The molecule has 1 saturated carbocycles. The molecule has 2 aliphatic rings. The number of aliphatic hydroxyl groups is 1. The van der Waals surface area contributed by atoms with Crippen molar-refractivity contribution in [3.05, 3.63) is 12.4 Å². The third-order valence-electron chi connectivity index (χ3n) is 4.74. The predicted molar refractivity (Wildman–Crippen MR) is 72.3 cm³/mol. The van der Waals surface area contributed by atoms with Crippen LogP contribution in [0.2, 0.25) is 0 Å². The van der Waals surface area contributed by atoms with Crippen molar-refractivity contribution in [2.24, 2.45) is 11.8 Å². The summed E-state index contributed by atoms with van der Waals surface area (Å²) in [5, 5.41) is 10.9. The number of aromatic nitrogens is 2. The minimum absolute atomic E-state index is 0.254. The van der Waals surface area contributed by atoms with Crippen LogP contribution in [0.3, 0.4) is 0 Å². The van der Waals surface area contributed by atoms with Crippen LogP contribution in [0, 0.1) is 11.8 Å². The number of hydrogen-bond acceptors (Lipinski definition) is 5. The van der Waals surface area contributed by atoms with E-state index < -0.39 is 5.60 Å². The highest BCUT2D eigenvalue weighted by molar-refractivity contribution is 5.49. The molecule has 19 heavy (non-hydrogen) atoms. The van der Waals surface area contributed by atoms with Crippen molar-refractivity contribution in [2.75, 3.05) is 25.1 Å². The molecular weight excluding hydrogens is 242 g/mol. The van der Waals surface area contributed by atoms with Gasteiger partial charge in [-0.05, 0) is 18.8 Å². The zero-order chi connectivity index (χ0) is 13.5. The summed E-state index contributed by atoms with van der Waals surface area (Å²) in [5.74, 6) is 1.97. The fourth-order valence-electron chi connectivity index (χ4n) is 3.29. The molecule has 2 fully saturated rings. The molecule has 0 bridgehead atoms. The lowest BCUT2D eigenvalue weighted by molar-refractivity contribution is -0.0615. The summed E-state index contributed by atoms with van der Waals surface area (Å²) < 4.78 is 5.27. The van der Waals surface area contributed by atoms with Crippen LogP contribution in [0.5, 0.6) is 5.88 Å². The fourth-order valence-corrected chi connectivity index (χ4v) is 3.29. The second-order valence-electron chi connectivity index (χ2n) is 5.79. The molecule has 0 unspecified atom stereocenters. The van der Waals surface area contributed by atoms with E-state index in [-0.39, 0.29) is 5.92 Å². The first-order valence-corrected chi connectivity index (χ1v) is 6.97. The number of hydrogen-bond donors (Lipinski definition) is 1. The molecule has 0 spiro atoms. The van der Waals surface area contributed by atoms with Gasteiger partial charge < -0.3 is 14.7 Å². The molecule has 0 aromatic carbocycles. The normalized spacial score (nSPS) is 31.3. The highest BCUT2D eigenvalue weighted by Crippen LogP contribution is 2.45. The number of anilines is 1. The molecular formula is C14H21N3O2. The number of rotatable bonds is 3. The maximum absolute atomic E-state index is 10.9. The second-order valence-corrected chi connectivity index (χ2v) is 5.79. The Hall–Kier alpha value is -1.36. The van der Waals surface area contributed by atoms with Gasteiger partial charge in [0, 0.05) is 31.4 Å². The Labute approximate surface area is 113 Å². The average molecular weight is 263 g/mol. The molecule has 1 N–H and O–H groups in total. The molecule has 2 heterocycles. The van der Waals surface area contributed by atoms with E-state index in [9.17, 15) is 5.11 Å². The molecule has 5 heteroatoms. The molecule has 104 valence electrons. The highest BCUT2D eigenvalue weighted by Gasteiger charge is 2.50. The van der Waals surface area contributed by atoms with Crippen LogP contribution < -0.4 is 9.64 Å². The SMILES string of the molecule is COc1nccnc1N1C[C@@H](C)[C@](O)(C2CCC2)C1. The molecule has 1 aliphatic heterocycles. The summed E-state index contributed by atoms with van der Waals surface area (Å²) in [6, 6.07) is 0. The molecule has 3 rings (SSSR count). The van der Waals surface area contributed by atoms with E-state index in [1.807, 2.05) is 0 Å². The monoisotopic (exact) mass is 263 g/mol. The number of ether oxygens (including phenoxy) is 1. The van der Waals surface area contributed by atoms with Crippen molar-refractivity contribution < 1.29 is 9.84 Å². The first-order chi connectivity index (χ1) is 9.15. The van der Waals surface area contributed by atoms with Gasteiger partial charge >= 0.3 is 0 Å². The largest absolute Gasteiger partial charge is 0.478 e. The Morgan fingerprint density at radius 2 is 2.11 bits per heavy atom. The van der Waals surface area contributed by atoms with Crippen LogP contribution >= 0.6 is 0 Å². The van der Waals surface area contributed by atoms with Gasteiger partial charge in [-0.1, -0.05) is 13.3 Å². The molecule has 1 aromatic heterocycles. The van der Waals surface area contributed by atoms with Gasteiger partial charge in [-0.25, -0.2) is 9.97 Å². The van der Waals surface area contributed by atoms with Gasteiger partial charge in [0.25, 0.3) is 5.88 Å². The summed E-state index contributed by atoms with van der Waals surface area (Å²) >= 11 is 0. The summed E-state index contributed by atoms with van der Waals surface area (Å²) in [6.45, 7) is 3.57. The zero-order valence-corrected chi connectivity index (χ0v) is 11.5. The lowest BCUT2D eigenvalue weighted by Crippen LogP contribution is -2.47. The van der Waals surface area contributed by atoms with E-state index in [2.05, 4.69) is 21.8 Å². The lowest BCUT2D eigenvalue weighted by Gasteiger charge is -2.41. The molecule has 5 nitrogen and oxygen atoms in total. The van der Waals surface area contributed by atoms with Crippen molar-refractivity contribution in [2.45, 2.75) is 31.8 Å². The van der Waals surface area contributed by atoms with Crippen LogP contribution in [0.15, 0.2) is 12.4 Å². The topological polar surface area (TPSA) is 58.5 Å². The average Bonchev–Trinajstić information content (AvgIpc) is 2.63. The Morgan fingerprint density at radius 1 is 1.37 bits per heavy atom. The van der Waals surface area contributed by atoms with E-state index in [0.717, 1.165) is 25.2 Å². The molecule has 1 saturated heterocycles. The summed E-state index contributed by atoms with van der Waals surface area (Å²) in [7, 11) is 1.60. The second kappa shape index (κ2) is 4.63. The van der Waals surface area contributed by atoms with E-state index in [1.54, 1.807) is 19.5 Å². The van der Waals surface area contributed by atoms with Gasteiger partial charge in [-0.2, -0.15) is 0 Å². The third kappa shape index (κ3) is 1.96. The first-order valence-electron chi connectivity index (χ1n) is 6.97. The number of methoxy groups -OCH3 is 1. The third-order valence-corrected chi connectivity index (χ3v) is 4.74. The highest BCUT2D eigenvalue weighted by atomic mass is 16.5. The predicted octanol–water partition coefficient (Wildman–Crippen LogP) is 1.47. The van der Waals surface area contributed by atoms with Gasteiger partial charge in [-0.15, -0.1) is 0 Å². The molecule has 1 aliphatic carbocycles. The molecule has 0 radical (unpaired) electrons. The van der Waals surface area contributed by atoms with Crippen molar-refractivity contribution in [1.29, 1.82) is 0 Å². The quantitative estimate of drug-likeness (QED) is 0.895. The van der Waals surface area contributed by atoms with Crippen LogP contribution in [0.4, 0.5) is 5.82 Å². The van der Waals surface area contributed by atoms with E-state index in [1.165, 1.54) is 6.42 Å². The maximum Gasteiger partial charge on any atom is 0.257 e. The fraction of sp³-hybridized carbons (Fsp3) is 0.714. The van der Waals surface area contributed by atoms with E-state index >= 15 is 0 Å². The van der Waals surface area contributed by atoms with Crippen LogP contribution in [0.25, 0.3) is 0 Å². The molecule has 1 aromatic rings. The van der Waals surface area contributed by atoms with Crippen molar-refractivity contribution in [3.8, 4) is 5.88 Å². The van der Waals surface area contributed by atoms with Crippen molar-refractivity contribution in [1.82, 2.24) is 9.97 Å². The Kier molecular flexibility index (Phi) is 3.09. The standard InChI is InChI=1S/C14H21N3O2/c1-10-8-17(9-14(10,18)11-4-3-5-11)12-13(19-2)16-7-6-15-12/h6-7,10-11,18H,3-5,8-9H2,1-2H3/t10-,14+/m1/s1. The van der Waals surface area contributed by atoms with Gasteiger partial charge in [-0.3, -0.25) is 0 Å². The van der Waals surface area contributed by atoms with Crippen molar-refractivity contribution in [3.63, 3.8) is 0 Å². The minimum atomic E-state index is -0.583. The summed E-state index contributed by atoms with van der Waals surface area (Å²) in [5.41, 5.74) is -0.583. The van der Waals surface area contributed by atoms with E-state index in [4.69, 9.17) is 4.74 Å². The summed E-state index contributed by atoms with van der Waals surface area (Å²) in [4.78, 5) is 10.7. The Bertz CT molecular complexity index is 464. The van der Waals surface area contributed by atoms with Gasteiger partial charge in [0.1, 0.15) is 0 Å². The van der Waals surface area contributed by atoms with E-state index in [0.29, 0.717) is 18.3 Å². The van der Waals surface area contributed by atoms with Gasteiger partial charge in [0.05, 0.1) is 12.7 Å². The summed E-state index contributed by atoms with van der Waals surface area (Å²) in [6.07, 6.45) is 6.83.